The molecule has 1 amide bonds. The minimum absolute atomic E-state index is 0.0960. The second kappa shape index (κ2) is 9.13. The Labute approximate surface area is 199 Å². The molecule has 0 spiro atoms. The molecule has 1 fully saturated rings. The molecule has 2 aromatic rings. The molecule has 0 saturated heterocycles. The van der Waals surface area contributed by atoms with Gasteiger partial charge in [-0.15, -0.1) is 0 Å². The summed E-state index contributed by atoms with van der Waals surface area (Å²) < 4.78 is 82.9. The number of amides is 1. The minimum Gasteiger partial charge on any atom is -0.336 e. The third-order valence-electron chi connectivity index (χ3n) is 6.10. The van der Waals surface area contributed by atoms with Crippen LogP contribution < -0.4 is 14.9 Å². The van der Waals surface area contributed by atoms with Gasteiger partial charge in [-0.3, -0.25) is 14.4 Å². The van der Waals surface area contributed by atoms with E-state index < -0.39 is 51.3 Å². The minimum atomic E-state index is -4.92. The molecule has 1 saturated carbocycles. The number of anilines is 1. The zero-order chi connectivity index (χ0) is 25.4. The maximum absolute atomic E-state index is 14.0. The zero-order valence-electron chi connectivity index (χ0n) is 18.3. The van der Waals surface area contributed by atoms with Crippen LogP contribution in [0.1, 0.15) is 30.0 Å². The second-order valence-electron chi connectivity index (χ2n) is 8.66. The number of hydrogen-bond donors (Lipinski definition) is 2. The van der Waals surface area contributed by atoms with Crippen LogP contribution in [0.25, 0.3) is 0 Å². The standard InChI is InChI=1S/C23H22F4N4O3S/c24-17-7-5-16(6-8-17)20(23(25,26)27)29-18(21(32)30-22(14-28)10-11-22)13-35(33,34)31-12-9-15-3-1-2-4-19(15)31/h1-8,18,20,29H,9-13H2,(H,30,32)/t18-,20-/m0/s1. The Kier molecular flexibility index (Phi) is 6.50. The SMILES string of the molecule is N#CC1(NC(=O)[C@H](CS(=O)(=O)N2CCc3ccccc32)N[C@@H](c2ccc(F)cc2)C(F)(F)F)CC1. The Balaban J connectivity index is 1.65. The first-order valence-corrected chi connectivity index (χ1v) is 12.4. The summed E-state index contributed by atoms with van der Waals surface area (Å²) in [4.78, 5) is 13.0. The van der Waals surface area contributed by atoms with E-state index in [1.54, 1.807) is 24.3 Å². The maximum atomic E-state index is 14.0. The first-order valence-electron chi connectivity index (χ1n) is 10.8. The van der Waals surface area contributed by atoms with E-state index in [9.17, 15) is 36.0 Å². The van der Waals surface area contributed by atoms with E-state index in [4.69, 9.17) is 0 Å². The third kappa shape index (κ3) is 5.41. The van der Waals surface area contributed by atoms with Crippen LogP contribution in [-0.2, 0) is 21.2 Å². The molecule has 7 nitrogen and oxygen atoms in total. The number of fused-ring (bicyclic) bond motifs is 1. The van der Waals surface area contributed by atoms with Crippen LogP contribution in [0.15, 0.2) is 48.5 Å². The fraction of sp³-hybridized carbons (Fsp3) is 0.391. The topological polar surface area (TPSA) is 102 Å². The van der Waals surface area contributed by atoms with Gasteiger partial charge < -0.3 is 5.32 Å². The van der Waals surface area contributed by atoms with Gasteiger partial charge in [-0.25, -0.2) is 12.8 Å². The van der Waals surface area contributed by atoms with E-state index in [1.165, 1.54) is 0 Å². The van der Waals surface area contributed by atoms with Crippen LogP contribution in [0.3, 0.4) is 0 Å². The van der Waals surface area contributed by atoms with Gasteiger partial charge in [0.15, 0.2) is 0 Å². The van der Waals surface area contributed by atoms with Gasteiger partial charge in [0.05, 0.1) is 17.5 Å². The highest BCUT2D eigenvalue weighted by Crippen LogP contribution is 2.36. The molecule has 2 N–H and O–H groups in total. The molecule has 12 heteroatoms. The van der Waals surface area contributed by atoms with Crippen LogP contribution in [0, 0.1) is 17.1 Å². The van der Waals surface area contributed by atoms with Gasteiger partial charge >= 0.3 is 6.18 Å². The number of benzene rings is 2. The van der Waals surface area contributed by atoms with Crippen molar-refractivity contribution in [1.82, 2.24) is 10.6 Å². The van der Waals surface area contributed by atoms with E-state index in [2.05, 4.69) is 10.6 Å². The molecule has 1 heterocycles. The van der Waals surface area contributed by atoms with E-state index in [-0.39, 0.29) is 12.1 Å². The molecule has 0 bridgehead atoms. The predicted molar refractivity (Wildman–Crippen MR) is 119 cm³/mol. The largest absolute Gasteiger partial charge is 0.407 e. The lowest BCUT2D eigenvalue weighted by Crippen LogP contribution is -2.55. The van der Waals surface area contributed by atoms with Crippen LogP contribution in [0.2, 0.25) is 0 Å². The van der Waals surface area contributed by atoms with Crippen molar-refractivity contribution in [3.8, 4) is 6.07 Å². The van der Waals surface area contributed by atoms with E-state index in [0.717, 1.165) is 34.1 Å². The number of rotatable bonds is 8. The highest BCUT2D eigenvalue weighted by atomic mass is 32.2. The lowest BCUT2D eigenvalue weighted by Gasteiger charge is -2.29. The number of nitriles is 1. The molecule has 0 radical (unpaired) electrons. The number of para-hydroxylation sites is 1. The van der Waals surface area contributed by atoms with Gasteiger partial charge in [0.25, 0.3) is 0 Å². The number of nitrogens with zero attached hydrogens (tertiary/aromatic N) is 2. The smallest absolute Gasteiger partial charge is 0.336 e. The summed E-state index contributed by atoms with van der Waals surface area (Å²) in [6.45, 7) is 0.0960. The van der Waals surface area contributed by atoms with Gasteiger partial charge in [0.2, 0.25) is 15.9 Å². The molecule has 35 heavy (non-hydrogen) atoms. The number of carbonyl (C=O) groups is 1. The van der Waals surface area contributed by atoms with Crippen molar-refractivity contribution in [3.63, 3.8) is 0 Å². The molecule has 1 aliphatic heterocycles. The third-order valence-corrected chi connectivity index (χ3v) is 7.90. The highest BCUT2D eigenvalue weighted by Gasteiger charge is 2.48. The van der Waals surface area contributed by atoms with Crippen LogP contribution in [0.5, 0.6) is 0 Å². The first-order chi connectivity index (χ1) is 16.4. The van der Waals surface area contributed by atoms with Gasteiger partial charge in [-0.2, -0.15) is 18.4 Å². The van der Waals surface area contributed by atoms with E-state index in [0.29, 0.717) is 24.9 Å². The number of nitrogens with one attached hydrogen (secondary N) is 2. The average Bonchev–Trinajstić information content (AvgIpc) is 3.43. The predicted octanol–water partition coefficient (Wildman–Crippen LogP) is 2.95. The molecular weight excluding hydrogens is 488 g/mol. The van der Waals surface area contributed by atoms with Crippen molar-refractivity contribution in [1.29, 1.82) is 5.26 Å². The van der Waals surface area contributed by atoms with Crippen molar-refractivity contribution < 1.29 is 30.8 Å². The fourth-order valence-electron chi connectivity index (χ4n) is 4.05. The van der Waals surface area contributed by atoms with Crippen molar-refractivity contribution in [3.05, 3.63) is 65.5 Å². The molecule has 186 valence electrons. The number of carbonyl (C=O) groups excluding carboxylic acids is 1. The Bertz CT molecular complexity index is 1250. The number of hydrogen-bond acceptors (Lipinski definition) is 5. The fourth-order valence-corrected chi connectivity index (χ4v) is 5.74. The van der Waals surface area contributed by atoms with Crippen molar-refractivity contribution in [2.45, 2.75) is 43.1 Å². The quantitative estimate of drug-likeness (QED) is 0.532. The average molecular weight is 511 g/mol. The molecule has 1 aliphatic carbocycles. The van der Waals surface area contributed by atoms with Gasteiger partial charge in [0, 0.05) is 6.54 Å². The monoisotopic (exact) mass is 510 g/mol. The summed E-state index contributed by atoms with van der Waals surface area (Å²) in [6, 6.07) is 7.89. The van der Waals surface area contributed by atoms with Crippen LogP contribution in [0.4, 0.5) is 23.2 Å². The summed E-state index contributed by atoms with van der Waals surface area (Å²) in [5.74, 6) is -2.75. The summed E-state index contributed by atoms with van der Waals surface area (Å²) in [5, 5.41) is 13.8. The lowest BCUT2D eigenvalue weighted by molar-refractivity contribution is -0.160. The Morgan fingerprint density at radius 2 is 1.80 bits per heavy atom. The number of halogens is 4. The molecule has 2 atom stereocenters. The van der Waals surface area contributed by atoms with Crippen molar-refractivity contribution in [2.24, 2.45) is 0 Å². The van der Waals surface area contributed by atoms with Gasteiger partial charge in [-0.05, 0) is 48.6 Å². The summed E-state index contributed by atoms with van der Waals surface area (Å²) >= 11 is 0. The molecular formula is C23H22F4N4O3S. The van der Waals surface area contributed by atoms with Crippen LogP contribution >= 0.6 is 0 Å². The van der Waals surface area contributed by atoms with Gasteiger partial charge in [0.1, 0.15) is 23.4 Å². The molecule has 2 aliphatic rings. The summed E-state index contributed by atoms with van der Waals surface area (Å²) in [7, 11) is -4.24. The Morgan fingerprint density at radius 1 is 1.14 bits per heavy atom. The number of alkyl halides is 3. The van der Waals surface area contributed by atoms with Crippen molar-refractivity contribution >= 4 is 21.6 Å². The first kappa shape index (κ1) is 24.9. The summed E-state index contributed by atoms with van der Waals surface area (Å²) in [6.07, 6.45) is -3.87. The number of sulfonamides is 1. The normalized spacial score (nSPS) is 18.3. The molecule has 0 unspecified atom stereocenters. The van der Waals surface area contributed by atoms with Gasteiger partial charge in [-0.1, -0.05) is 30.3 Å². The van der Waals surface area contributed by atoms with Crippen LogP contribution in [-0.4, -0.2) is 44.4 Å². The van der Waals surface area contributed by atoms with E-state index in [1.807, 2.05) is 6.07 Å². The summed E-state index contributed by atoms with van der Waals surface area (Å²) in [5.41, 5.74) is -0.425. The van der Waals surface area contributed by atoms with Crippen molar-refractivity contribution in [2.75, 3.05) is 16.6 Å². The molecule has 2 aromatic carbocycles. The maximum Gasteiger partial charge on any atom is 0.407 e. The zero-order valence-corrected chi connectivity index (χ0v) is 19.2. The lowest BCUT2D eigenvalue weighted by atomic mass is 10.0. The van der Waals surface area contributed by atoms with E-state index >= 15 is 0 Å². The Hall–Kier alpha value is -3.17. The highest BCUT2D eigenvalue weighted by molar-refractivity contribution is 7.92. The Morgan fingerprint density at radius 3 is 2.40 bits per heavy atom. The molecule has 0 aromatic heterocycles. The molecule has 4 rings (SSSR count). The second-order valence-corrected chi connectivity index (χ2v) is 10.6.